The molecule has 2 amide bonds. The Morgan fingerprint density at radius 1 is 1.19 bits per heavy atom. The van der Waals surface area contributed by atoms with Crippen LogP contribution in [-0.2, 0) is 14.4 Å². The van der Waals surface area contributed by atoms with Crippen LogP contribution in [0.5, 0.6) is 0 Å². The van der Waals surface area contributed by atoms with Gasteiger partial charge in [-0.3, -0.25) is 14.5 Å². The van der Waals surface area contributed by atoms with Gasteiger partial charge in [-0.25, -0.2) is 4.79 Å². The van der Waals surface area contributed by atoms with E-state index >= 15 is 0 Å². The number of nitrogens with one attached hydrogen (secondary N) is 2. The summed E-state index contributed by atoms with van der Waals surface area (Å²) in [7, 11) is 0. The number of rotatable bonds is 10. The Hall–Kier alpha value is -2.41. The number of aryl methyl sites for hydroxylation is 2. The summed E-state index contributed by atoms with van der Waals surface area (Å²) in [5, 5.41) is 14.5. The van der Waals surface area contributed by atoms with Gasteiger partial charge in [0.2, 0.25) is 11.8 Å². The van der Waals surface area contributed by atoms with Crippen LogP contribution < -0.4 is 10.6 Å². The number of aliphatic carboxylic acids is 1. The van der Waals surface area contributed by atoms with E-state index in [9.17, 15) is 14.4 Å². The van der Waals surface area contributed by atoms with Gasteiger partial charge >= 0.3 is 5.97 Å². The Labute approximate surface area is 160 Å². The van der Waals surface area contributed by atoms with E-state index in [-0.39, 0.29) is 24.8 Å². The SMILES string of the molecule is CCC(NC(=O)CCN(CC(=O)Nc1c(C)cccc1C)C1CC1)C(=O)O. The number of anilines is 1. The zero-order valence-corrected chi connectivity index (χ0v) is 16.2. The van der Waals surface area contributed by atoms with Crippen LogP contribution in [0.2, 0.25) is 0 Å². The number of para-hydroxylation sites is 1. The fourth-order valence-corrected chi connectivity index (χ4v) is 3.06. The molecule has 1 atom stereocenters. The Morgan fingerprint density at radius 2 is 1.81 bits per heavy atom. The van der Waals surface area contributed by atoms with E-state index in [1.165, 1.54) is 0 Å². The van der Waals surface area contributed by atoms with E-state index in [2.05, 4.69) is 10.6 Å². The molecule has 1 unspecified atom stereocenters. The maximum absolute atomic E-state index is 12.5. The first kappa shape index (κ1) is 20.9. The van der Waals surface area contributed by atoms with Crippen LogP contribution in [0.4, 0.5) is 5.69 Å². The number of carboxylic acid groups (broad SMARTS) is 1. The smallest absolute Gasteiger partial charge is 0.326 e. The van der Waals surface area contributed by atoms with Crippen LogP contribution in [0.25, 0.3) is 0 Å². The number of amides is 2. The van der Waals surface area contributed by atoms with Crippen molar-refractivity contribution >= 4 is 23.5 Å². The summed E-state index contributed by atoms with van der Waals surface area (Å²) in [6, 6.07) is 5.33. The molecule has 0 aliphatic heterocycles. The number of carbonyl (C=O) groups is 3. The lowest BCUT2D eigenvalue weighted by Gasteiger charge is -2.22. The molecule has 7 nitrogen and oxygen atoms in total. The van der Waals surface area contributed by atoms with Gasteiger partial charge in [-0.15, -0.1) is 0 Å². The van der Waals surface area contributed by atoms with E-state index in [0.29, 0.717) is 19.0 Å². The average Bonchev–Trinajstić information content (AvgIpc) is 3.44. The minimum Gasteiger partial charge on any atom is -0.480 e. The van der Waals surface area contributed by atoms with Gasteiger partial charge in [0, 0.05) is 24.7 Å². The third-order valence-electron chi connectivity index (χ3n) is 4.82. The summed E-state index contributed by atoms with van der Waals surface area (Å²) in [6.45, 7) is 6.29. The van der Waals surface area contributed by atoms with Gasteiger partial charge in [0.25, 0.3) is 0 Å². The summed E-state index contributed by atoms with van der Waals surface area (Å²) in [4.78, 5) is 37.5. The lowest BCUT2D eigenvalue weighted by molar-refractivity contribution is -0.141. The molecular formula is C20H29N3O4. The Bertz CT molecular complexity index is 680. The van der Waals surface area contributed by atoms with E-state index in [1.54, 1.807) is 6.92 Å². The number of carbonyl (C=O) groups excluding carboxylic acids is 2. The summed E-state index contributed by atoms with van der Waals surface area (Å²) < 4.78 is 0. The lowest BCUT2D eigenvalue weighted by atomic mass is 10.1. The highest BCUT2D eigenvalue weighted by atomic mass is 16.4. The third kappa shape index (κ3) is 6.36. The quantitative estimate of drug-likeness (QED) is 0.581. The third-order valence-corrected chi connectivity index (χ3v) is 4.82. The van der Waals surface area contributed by atoms with Crippen molar-refractivity contribution in [3.63, 3.8) is 0 Å². The molecule has 0 radical (unpaired) electrons. The van der Waals surface area contributed by atoms with Crippen LogP contribution in [0.3, 0.4) is 0 Å². The first-order chi connectivity index (χ1) is 12.8. The zero-order chi connectivity index (χ0) is 20.0. The van der Waals surface area contributed by atoms with Gasteiger partial charge in [-0.05, 0) is 44.2 Å². The van der Waals surface area contributed by atoms with Crippen molar-refractivity contribution in [2.45, 2.75) is 58.5 Å². The van der Waals surface area contributed by atoms with Crippen LogP contribution in [0, 0.1) is 13.8 Å². The number of hydrogen-bond donors (Lipinski definition) is 3. The molecule has 0 spiro atoms. The van der Waals surface area contributed by atoms with Crippen molar-refractivity contribution in [2.75, 3.05) is 18.4 Å². The van der Waals surface area contributed by atoms with Gasteiger partial charge in [0.1, 0.15) is 6.04 Å². The highest BCUT2D eigenvalue weighted by Gasteiger charge is 2.30. The van der Waals surface area contributed by atoms with Gasteiger partial charge in [0.05, 0.1) is 6.54 Å². The van der Waals surface area contributed by atoms with E-state index in [1.807, 2.05) is 36.9 Å². The Kier molecular flexibility index (Phi) is 7.36. The second-order valence-corrected chi connectivity index (χ2v) is 7.13. The second-order valence-electron chi connectivity index (χ2n) is 7.13. The molecule has 1 saturated carbocycles. The van der Waals surface area contributed by atoms with Gasteiger partial charge in [-0.2, -0.15) is 0 Å². The minimum absolute atomic E-state index is 0.100. The number of hydrogen-bond acceptors (Lipinski definition) is 4. The maximum Gasteiger partial charge on any atom is 0.326 e. The second kappa shape index (κ2) is 9.50. The molecular weight excluding hydrogens is 346 g/mol. The van der Waals surface area contributed by atoms with Crippen LogP contribution in [0.1, 0.15) is 43.7 Å². The molecule has 27 heavy (non-hydrogen) atoms. The standard InChI is InChI=1S/C20H29N3O4/c1-4-16(20(26)27)21-17(24)10-11-23(15-8-9-15)12-18(25)22-19-13(2)6-5-7-14(19)3/h5-7,15-16H,4,8-12H2,1-3H3,(H,21,24)(H,22,25)(H,26,27). The zero-order valence-electron chi connectivity index (χ0n) is 16.2. The molecule has 1 aliphatic carbocycles. The summed E-state index contributed by atoms with van der Waals surface area (Å²) >= 11 is 0. The van der Waals surface area contributed by atoms with Gasteiger partial charge < -0.3 is 15.7 Å². The highest BCUT2D eigenvalue weighted by molar-refractivity contribution is 5.93. The number of carboxylic acids is 1. The Balaban J connectivity index is 1.87. The van der Waals surface area contributed by atoms with Crippen molar-refractivity contribution in [1.82, 2.24) is 10.2 Å². The predicted molar refractivity (Wildman–Crippen MR) is 104 cm³/mol. The Morgan fingerprint density at radius 3 is 2.33 bits per heavy atom. The summed E-state index contributed by atoms with van der Waals surface area (Å²) in [5.41, 5.74) is 2.86. The van der Waals surface area contributed by atoms with Crippen molar-refractivity contribution in [1.29, 1.82) is 0 Å². The predicted octanol–water partition coefficient (Wildman–Crippen LogP) is 2.08. The molecule has 0 bridgehead atoms. The normalized spacial score (nSPS) is 14.7. The summed E-state index contributed by atoms with van der Waals surface area (Å²) in [6.07, 6.45) is 2.55. The fourth-order valence-electron chi connectivity index (χ4n) is 3.06. The first-order valence-corrected chi connectivity index (χ1v) is 9.44. The number of nitrogens with zero attached hydrogens (tertiary/aromatic N) is 1. The van der Waals surface area contributed by atoms with E-state index in [0.717, 1.165) is 29.7 Å². The van der Waals surface area contributed by atoms with Crippen molar-refractivity contribution in [3.05, 3.63) is 29.3 Å². The van der Waals surface area contributed by atoms with Crippen molar-refractivity contribution in [3.8, 4) is 0 Å². The minimum atomic E-state index is -1.03. The fraction of sp³-hybridized carbons (Fsp3) is 0.550. The van der Waals surface area contributed by atoms with Crippen LogP contribution >= 0.6 is 0 Å². The lowest BCUT2D eigenvalue weighted by Crippen LogP contribution is -2.42. The molecule has 1 fully saturated rings. The van der Waals surface area contributed by atoms with Crippen LogP contribution in [0.15, 0.2) is 18.2 Å². The van der Waals surface area contributed by atoms with Crippen LogP contribution in [-0.4, -0.2) is 53.0 Å². The number of benzene rings is 1. The molecule has 1 aromatic carbocycles. The molecule has 2 rings (SSSR count). The van der Waals surface area contributed by atoms with Crippen molar-refractivity contribution in [2.24, 2.45) is 0 Å². The molecule has 0 saturated heterocycles. The molecule has 1 aromatic rings. The highest BCUT2D eigenvalue weighted by Crippen LogP contribution is 2.27. The van der Waals surface area contributed by atoms with Gasteiger partial charge in [-0.1, -0.05) is 25.1 Å². The molecule has 0 heterocycles. The first-order valence-electron chi connectivity index (χ1n) is 9.44. The maximum atomic E-state index is 12.5. The van der Waals surface area contributed by atoms with E-state index < -0.39 is 12.0 Å². The molecule has 7 heteroatoms. The monoisotopic (exact) mass is 375 g/mol. The van der Waals surface area contributed by atoms with Gasteiger partial charge in [0.15, 0.2) is 0 Å². The van der Waals surface area contributed by atoms with E-state index in [4.69, 9.17) is 5.11 Å². The molecule has 148 valence electrons. The molecule has 3 N–H and O–H groups in total. The average molecular weight is 375 g/mol. The molecule has 0 aromatic heterocycles. The topological polar surface area (TPSA) is 98.7 Å². The largest absolute Gasteiger partial charge is 0.480 e. The summed E-state index contributed by atoms with van der Waals surface area (Å²) in [5.74, 6) is -1.43. The molecule has 1 aliphatic rings. The van der Waals surface area contributed by atoms with Crippen molar-refractivity contribution < 1.29 is 19.5 Å².